The van der Waals surface area contributed by atoms with Gasteiger partial charge in [0.2, 0.25) is 0 Å². The molecule has 16 heavy (non-hydrogen) atoms. The van der Waals surface area contributed by atoms with E-state index in [1.807, 2.05) is 0 Å². The van der Waals surface area contributed by atoms with E-state index in [1.165, 1.54) is 0 Å². The number of rotatable bonds is 2. The van der Waals surface area contributed by atoms with Crippen molar-refractivity contribution >= 4 is 0 Å². The Morgan fingerprint density at radius 3 is 2.44 bits per heavy atom. The molecule has 4 heteroatoms. The number of nitriles is 1. The first kappa shape index (κ1) is 11.8. The van der Waals surface area contributed by atoms with Gasteiger partial charge in [-0.15, -0.1) is 0 Å². The van der Waals surface area contributed by atoms with Crippen LogP contribution in [-0.4, -0.2) is 50.0 Å². The van der Waals surface area contributed by atoms with E-state index in [0.29, 0.717) is 6.10 Å². The second-order valence-electron chi connectivity index (χ2n) is 4.68. The molecule has 2 aliphatic rings. The Morgan fingerprint density at radius 1 is 1.31 bits per heavy atom. The molecule has 0 amide bonds. The molecule has 1 saturated heterocycles. The molecule has 1 aliphatic heterocycles. The fraction of sp³-hybridized carbons (Fsp3) is 0.917. The lowest BCUT2D eigenvalue weighted by Crippen LogP contribution is -2.54. The van der Waals surface area contributed by atoms with Gasteiger partial charge in [-0.05, 0) is 25.7 Å². The third-order valence-electron chi connectivity index (χ3n) is 3.92. The summed E-state index contributed by atoms with van der Waals surface area (Å²) in [6.45, 7) is 3.31. The molecule has 0 N–H and O–H groups in total. The summed E-state index contributed by atoms with van der Waals surface area (Å²) in [5.41, 5.74) is -0.251. The van der Waals surface area contributed by atoms with Gasteiger partial charge < -0.3 is 9.47 Å². The van der Waals surface area contributed by atoms with Crippen LogP contribution in [0.2, 0.25) is 0 Å². The van der Waals surface area contributed by atoms with Crippen LogP contribution in [-0.2, 0) is 9.47 Å². The lowest BCUT2D eigenvalue weighted by Gasteiger charge is -2.44. The molecule has 0 radical (unpaired) electrons. The summed E-state index contributed by atoms with van der Waals surface area (Å²) < 4.78 is 10.7. The average molecular weight is 224 g/mol. The molecule has 4 nitrogen and oxygen atoms in total. The lowest BCUT2D eigenvalue weighted by molar-refractivity contribution is -0.0355. The molecule has 2 fully saturated rings. The minimum atomic E-state index is -0.251. The maximum atomic E-state index is 9.48. The largest absolute Gasteiger partial charge is 0.381 e. The van der Waals surface area contributed by atoms with E-state index in [4.69, 9.17) is 9.47 Å². The Labute approximate surface area is 97.1 Å². The third-order valence-corrected chi connectivity index (χ3v) is 3.92. The highest BCUT2D eigenvalue weighted by Crippen LogP contribution is 2.34. The highest BCUT2D eigenvalue weighted by molar-refractivity contribution is 5.11. The lowest BCUT2D eigenvalue weighted by atomic mass is 9.80. The zero-order chi connectivity index (χ0) is 11.4. The SMILES string of the molecule is COC1CCC(C#N)(N2CCOCC2)CC1. The fourth-order valence-corrected chi connectivity index (χ4v) is 2.79. The first-order chi connectivity index (χ1) is 7.80. The number of methoxy groups -OCH3 is 1. The first-order valence-electron chi connectivity index (χ1n) is 6.07. The van der Waals surface area contributed by atoms with Crippen molar-refractivity contribution in [1.82, 2.24) is 4.90 Å². The van der Waals surface area contributed by atoms with E-state index in [2.05, 4.69) is 11.0 Å². The van der Waals surface area contributed by atoms with Gasteiger partial charge in [0.25, 0.3) is 0 Å². The Hall–Kier alpha value is -0.630. The predicted octanol–water partition coefficient (Wildman–Crippen LogP) is 1.17. The minimum absolute atomic E-state index is 0.251. The number of nitrogens with zero attached hydrogens (tertiary/aromatic N) is 2. The van der Waals surface area contributed by atoms with Gasteiger partial charge in [0, 0.05) is 20.2 Å². The molecule has 0 bridgehead atoms. The number of ether oxygens (including phenoxy) is 2. The molecular weight excluding hydrogens is 204 g/mol. The number of morpholine rings is 1. The Morgan fingerprint density at radius 2 is 1.94 bits per heavy atom. The van der Waals surface area contributed by atoms with Gasteiger partial charge in [-0.25, -0.2) is 0 Å². The summed E-state index contributed by atoms with van der Waals surface area (Å²) >= 11 is 0. The van der Waals surface area contributed by atoms with Crippen LogP contribution < -0.4 is 0 Å². The molecule has 0 atom stereocenters. The van der Waals surface area contributed by atoms with Crippen LogP contribution in [0, 0.1) is 11.3 Å². The molecule has 2 rings (SSSR count). The van der Waals surface area contributed by atoms with Crippen molar-refractivity contribution in [1.29, 1.82) is 5.26 Å². The maximum absolute atomic E-state index is 9.48. The van der Waals surface area contributed by atoms with Gasteiger partial charge in [-0.3, -0.25) is 4.90 Å². The van der Waals surface area contributed by atoms with Crippen molar-refractivity contribution in [3.8, 4) is 6.07 Å². The number of hydrogen-bond donors (Lipinski definition) is 0. The topological polar surface area (TPSA) is 45.5 Å². The maximum Gasteiger partial charge on any atom is 0.109 e. The van der Waals surface area contributed by atoms with Gasteiger partial charge in [0.05, 0.1) is 25.4 Å². The van der Waals surface area contributed by atoms with Crippen LogP contribution in [0.5, 0.6) is 0 Å². The van der Waals surface area contributed by atoms with Crippen molar-refractivity contribution in [2.24, 2.45) is 0 Å². The van der Waals surface area contributed by atoms with E-state index in [1.54, 1.807) is 7.11 Å². The molecule has 1 heterocycles. The van der Waals surface area contributed by atoms with Crippen molar-refractivity contribution in [2.45, 2.75) is 37.3 Å². The number of hydrogen-bond acceptors (Lipinski definition) is 4. The van der Waals surface area contributed by atoms with Crippen LogP contribution in [0.15, 0.2) is 0 Å². The van der Waals surface area contributed by atoms with Gasteiger partial charge in [-0.1, -0.05) is 0 Å². The van der Waals surface area contributed by atoms with Crippen molar-refractivity contribution in [3.63, 3.8) is 0 Å². The molecule has 0 aromatic carbocycles. The molecule has 1 aliphatic carbocycles. The Bertz CT molecular complexity index is 261. The van der Waals surface area contributed by atoms with Crippen LogP contribution in [0.3, 0.4) is 0 Å². The van der Waals surface area contributed by atoms with E-state index >= 15 is 0 Å². The first-order valence-corrected chi connectivity index (χ1v) is 6.07. The molecular formula is C12H20N2O2. The van der Waals surface area contributed by atoms with Gasteiger partial charge in [0.15, 0.2) is 0 Å². The normalized spacial score (nSPS) is 36.9. The van der Waals surface area contributed by atoms with Crippen LogP contribution >= 0.6 is 0 Å². The van der Waals surface area contributed by atoms with Crippen LogP contribution in [0.1, 0.15) is 25.7 Å². The smallest absolute Gasteiger partial charge is 0.109 e. The second-order valence-corrected chi connectivity index (χ2v) is 4.68. The average Bonchev–Trinajstić information content (AvgIpc) is 2.40. The molecule has 0 aromatic heterocycles. The highest BCUT2D eigenvalue weighted by Gasteiger charge is 2.41. The summed E-state index contributed by atoms with van der Waals surface area (Å²) in [6, 6.07) is 2.55. The summed E-state index contributed by atoms with van der Waals surface area (Å²) in [5, 5.41) is 9.48. The summed E-state index contributed by atoms with van der Waals surface area (Å²) in [5.74, 6) is 0. The molecule has 1 saturated carbocycles. The Balaban J connectivity index is 2.00. The van der Waals surface area contributed by atoms with Gasteiger partial charge >= 0.3 is 0 Å². The third kappa shape index (κ3) is 2.22. The van der Waals surface area contributed by atoms with Crippen molar-refractivity contribution in [2.75, 3.05) is 33.4 Å². The van der Waals surface area contributed by atoms with E-state index < -0.39 is 0 Å². The summed E-state index contributed by atoms with van der Waals surface area (Å²) in [6.07, 6.45) is 4.22. The zero-order valence-corrected chi connectivity index (χ0v) is 9.95. The van der Waals surface area contributed by atoms with Crippen LogP contribution in [0.25, 0.3) is 0 Å². The standard InChI is InChI=1S/C12H20N2O2/c1-15-11-2-4-12(10-13,5-3-11)14-6-8-16-9-7-14/h11H,2-9H2,1H3. The predicted molar refractivity (Wildman–Crippen MR) is 60.0 cm³/mol. The molecule has 0 spiro atoms. The summed E-state index contributed by atoms with van der Waals surface area (Å²) in [7, 11) is 1.76. The minimum Gasteiger partial charge on any atom is -0.381 e. The second kappa shape index (κ2) is 5.13. The molecule has 0 aromatic rings. The van der Waals surface area contributed by atoms with Crippen LogP contribution in [0.4, 0.5) is 0 Å². The quantitative estimate of drug-likeness (QED) is 0.706. The fourth-order valence-electron chi connectivity index (χ4n) is 2.79. The van der Waals surface area contributed by atoms with Gasteiger partial charge in [0.1, 0.15) is 5.54 Å². The molecule has 0 unspecified atom stereocenters. The van der Waals surface area contributed by atoms with Gasteiger partial charge in [-0.2, -0.15) is 5.26 Å². The molecule has 90 valence electrons. The highest BCUT2D eigenvalue weighted by atomic mass is 16.5. The van der Waals surface area contributed by atoms with Crippen molar-refractivity contribution in [3.05, 3.63) is 0 Å². The monoisotopic (exact) mass is 224 g/mol. The Kier molecular flexibility index (Phi) is 3.80. The van der Waals surface area contributed by atoms with Crippen molar-refractivity contribution < 1.29 is 9.47 Å². The van der Waals surface area contributed by atoms with E-state index in [9.17, 15) is 5.26 Å². The zero-order valence-electron chi connectivity index (χ0n) is 9.95. The summed E-state index contributed by atoms with van der Waals surface area (Å²) in [4.78, 5) is 2.31. The van der Waals surface area contributed by atoms with E-state index in [-0.39, 0.29) is 5.54 Å². The van der Waals surface area contributed by atoms with E-state index in [0.717, 1.165) is 52.0 Å².